The van der Waals surface area contributed by atoms with Gasteiger partial charge in [0.15, 0.2) is 0 Å². The fourth-order valence-corrected chi connectivity index (χ4v) is 3.17. The van der Waals surface area contributed by atoms with Crippen LogP contribution in [0.15, 0.2) is 34.8 Å². The molecular formula is C18H22BrN5O2. The molecule has 1 aliphatic heterocycles. The van der Waals surface area contributed by atoms with E-state index >= 15 is 0 Å². The van der Waals surface area contributed by atoms with Gasteiger partial charge >= 0.3 is 0 Å². The Kier molecular flexibility index (Phi) is 6.40. The van der Waals surface area contributed by atoms with E-state index in [2.05, 4.69) is 41.4 Å². The molecule has 0 unspecified atom stereocenters. The number of amides is 1. The maximum atomic E-state index is 12.2. The van der Waals surface area contributed by atoms with E-state index in [-0.39, 0.29) is 5.91 Å². The number of carbonyl (C=O) groups is 1. The Labute approximate surface area is 161 Å². The Hall–Kier alpha value is -2.19. The first-order valence-corrected chi connectivity index (χ1v) is 9.38. The summed E-state index contributed by atoms with van der Waals surface area (Å²) in [6.07, 6.45) is 0. The number of halogens is 1. The first kappa shape index (κ1) is 18.6. The third kappa shape index (κ3) is 4.92. The van der Waals surface area contributed by atoms with E-state index < -0.39 is 0 Å². The van der Waals surface area contributed by atoms with Crippen molar-refractivity contribution in [1.29, 1.82) is 0 Å². The van der Waals surface area contributed by atoms with Crippen molar-refractivity contribution < 1.29 is 9.53 Å². The number of nitrogens with one attached hydrogen (secondary N) is 2. The lowest BCUT2D eigenvalue weighted by Crippen LogP contribution is -2.37. The van der Waals surface area contributed by atoms with Gasteiger partial charge in [0.1, 0.15) is 17.5 Å². The molecule has 0 saturated carbocycles. The van der Waals surface area contributed by atoms with Crippen molar-refractivity contribution in [1.82, 2.24) is 15.3 Å². The Bertz CT molecular complexity index is 765. The molecule has 2 aromatic rings. The zero-order valence-corrected chi connectivity index (χ0v) is 16.3. The number of morpholine rings is 1. The largest absolute Gasteiger partial charge is 0.378 e. The maximum absolute atomic E-state index is 12.2. The fourth-order valence-electron chi connectivity index (χ4n) is 2.70. The molecule has 7 nitrogen and oxygen atoms in total. The zero-order chi connectivity index (χ0) is 18.4. The Morgan fingerprint density at radius 3 is 2.77 bits per heavy atom. The molecule has 1 aromatic heterocycles. The normalized spacial score (nSPS) is 14.2. The molecule has 8 heteroatoms. The van der Waals surface area contributed by atoms with E-state index in [0.29, 0.717) is 37.7 Å². The highest BCUT2D eigenvalue weighted by Gasteiger charge is 2.14. The molecule has 0 bridgehead atoms. The van der Waals surface area contributed by atoms with Gasteiger partial charge in [-0.25, -0.2) is 9.97 Å². The van der Waals surface area contributed by atoms with Gasteiger partial charge in [0.25, 0.3) is 5.91 Å². The molecule has 2 heterocycles. The van der Waals surface area contributed by atoms with Crippen LogP contribution in [0, 0.1) is 6.92 Å². The van der Waals surface area contributed by atoms with Gasteiger partial charge in [0, 0.05) is 36.7 Å². The van der Waals surface area contributed by atoms with Crippen LogP contribution in [-0.2, 0) is 4.74 Å². The van der Waals surface area contributed by atoms with Crippen LogP contribution in [0.1, 0.15) is 16.2 Å². The summed E-state index contributed by atoms with van der Waals surface area (Å²) in [7, 11) is 0. The summed E-state index contributed by atoms with van der Waals surface area (Å²) in [6.45, 7) is 6.05. The average Bonchev–Trinajstić information content (AvgIpc) is 2.66. The number of rotatable bonds is 6. The summed E-state index contributed by atoms with van der Waals surface area (Å²) >= 11 is 3.39. The van der Waals surface area contributed by atoms with Crippen LogP contribution >= 0.6 is 15.9 Å². The number of benzene rings is 1. The van der Waals surface area contributed by atoms with E-state index in [1.807, 2.05) is 31.2 Å². The fraction of sp³-hybridized carbons (Fsp3) is 0.389. The van der Waals surface area contributed by atoms with Crippen LogP contribution in [-0.4, -0.2) is 55.3 Å². The number of hydrogen-bond acceptors (Lipinski definition) is 6. The predicted molar refractivity (Wildman–Crippen MR) is 105 cm³/mol. The maximum Gasteiger partial charge on any atom is 0.252 e. The molecule has 0 atom stereocenters. The SMILES string of the molecule is Cc1nc(NCCNC(=O)c2ccccc2Br)cc(N2CCOCC2)n1. The van der Waals surface area contributed by atoms with Crippen molar-refractivity contribution in [3.8, 4) is 0 Å². The van der Waals surface area contributed by atoms with Gasteiger partial charge in [-0.15, -0.1) is 0 Å². The number of aromatic nitrogens is 2. The highest BCUT2D eigenvalue weighted by atomic mass is 79.9. The van der Waals surface area contributed by atoms with Gasteiger partial charge < -0.3 is 20.3 Å². The minimum absolute atomic E-state index is 0.104. The molecular weight excluding hydrogens is 398 g/mol. The molecule has 0 spiro atoms. The standard InChI is InChI=1S/C18H22BrN5O2/c1-13-22-16(12-17(23-13)24-8-10-26-11-9-24)20-6-7-21-18(25)14-4-2-3-5-15(14)19/h2-5,12H,6-11H2,1H3,(H,21,25)(H,20,22,23). The van der Waals surface area contributed by atoms with E-state index in [1.54, 1.807) is 6.07 Å². The average molecular weight is 420 g/mol. The Balaban J connectivity index is 1.52. The minimum Gasteiger partial charge on any atom is -0.378 e. The molecule has 3 rings (SSSR count). The molecule has 1 amide bonds. The third-order valence-corrected chi connectivity index (χ3v) is 4.69. The van der Waals surface area contributed by atoms with Crippen molar-refractivity contribution in [2.45, 2.75) is 6.92 Å². The third-order valence-electron chi connectivity index (χ3n) is 3.99. The number of anilines is 2. The van der Waals surface area contributed by atoms with E-state index in [0.717, 1.165) is 29.2 Å². The number of aryl methyl sites for hydroxylation is 1. The number of carbonyl (C=O) groups excluding carboxylic acids is 1. The van der Waals surface area contributed by atoms with Gasteiger partial charge in [-0.05, 0) is 35.0 Å². The number of hydrogen-bond donors (Lipinski definition) is 2. The summed E-state index contributed by atoms with van der Waals surface area (Å²) in [4.78, 5) is 23.3. The number of nitrogens with zero attached hydrogens (tertiary/aromatic N) is 3. The van der Waals surface area contributed by atoms with Gasteiger partial charge in [0.2, 0.25) is 0 Å². The lowest BCUT2D eigenvalue weighted by Gasteiger charge is -2.28. The van der Waals surface area contributed by atoms with Crippen LogP contribution in [0.3, 0.4) is 0 Å². The molecule has 0 radical (unpaired) electrons. The van der Waals surface area contributed by atoms with Crippen molar-refractivity contribution in [2.75, 3.05) is 49.6 Å². The van der Waals surface area contributed by atoms with E-state index in [9.17, 15) is 4.79 Å². The summed E-state index contributed by atoms with van der Waals surface area (Å²) in [5, 5.41) is 6.15. The van der Waals surface area contributed by atoms with Gasteiger partial charge in [-0.3, -0.25) is 4.79 Å². The summed E-state index contributed by atoms with van der Waals surface area (Å²) in [5.74, 6) is 2.27. The molecule has 1 fully saturated rings. The first-order valence-electron chi connectivity index (χ1n) is 8.58. The van der Waals surface area contributed by atoms with Crippen molar-refractivity contribution in [2.24, 2.45) is 0 Å². The second-order valence-corrected chi connectivity index (χ2v) is 6.77. The zero-order valence-electron chi connectivity index (χ0n) is 14.7. The van der Waals surface area contributed by atoms with Crippen LogP contribution in [0.2, 0.25) is 0 Å². The predicted octanol–water partition coefficient (Wildman–Crippen LogP) is 2.23. The monoisotopic (exact) mass is 419 g/mol. The van der Waals surface area contributed by atoms with Gasteiger partial charge in [-0.2, -0.15) is 0 Å². The van der Waals surface area contributed by atoms with Gasteiger partial charge in [-0.1, -0.05) is 12.1 Å². The van der Waals surface area contributed by atoms with Crippen molar-refractivity contribution >= 4 is 33.5 Å². The van der Waals surface area contributed by atoms with E-state index in [1.165, 1.54) is 0 Å². The second kappa shape index (κ2) is 8.95. The molecule has 2 N–H and O–H groups in total. The van der Waals surface area contributed by atoms with Gasteiger partial charge in [0.05, 0.1) is 18.8 Å². The molecule has 138 valence electrons. The lowest BCUT2D eigenvalue weighted by atomic mass is 10.2. The van der Waals surface area contributed by atoms with Crippen LogP contribution in [0.25, 0.3) is 0 Å². The number of ether oxygens (including phenoxy) is 1. The minimum atomic E-state index is -0.104. The van der Waals surface area contributed by atoms with Crippen molar-refractivity contribution in [3.63, 3.8) is 0 Å². The first-order chi connectivity index (χ1) is 12.6. The smallest absolute Gasteiger partial charge is 0.252 e. The topological polar surface area (TPSA) is 79.4 Å². The second-order valence-electron chi connectivity index (χ2n) is 5.92. The van der Waals surface area contributed by atoms with Crippen molar-refractivity contribution in [3.05, 3.63) is 46.2 Å². The van der Waals surface area contributed by atoms with E-state index in [4.69, 9.17) is 4.74 Å². The Morgan fingerprint density at radius 2 is 2.00 bits per heavy atom. The molecule has 26 heavy (non-hydrogen) atoms. The molecule has 0 aliphatic carbocycles. The summed E-state index contributed by atoms with van der Waals surface area (Å²) in [6, 6.07) is 9.30. The summed E-state index contributed by atoms with van der Waals surface area (Å²) < 4.78 is 6.17. The van der Waals surface area contributed by atoms with Crippen LogP contribution < -0.4 is 15.5 Å². The highest BCUT2D eigenvalue weighted by Crippen LogP contribution is 2.17. The molecule has 1 aromatic carbocycles. The summed E-state index contributed by atoms with van der Waals surface area (Å²) in [5.41, 5.74) is 0.625. The van der Waals surface area contributed by atoms with Crippen LogP contribution in [0.4, 0.5) is 11.6 Å². The van der Waals surface area contributed by atoms with Crippen LogP contribution in [0.5, 0.6) is 0 Å². The molecule has 1 aliphatic rings. The highest BCUT2D eigenvalue weighted by molar-refractivity contribution is 9.10. The molecule has 1 saturated heterocycles. The Morgan fingerprint density at radius 1 is 1.23 bits per heavy atom. The quantitative estimate of drug-likeness (QED) is 0.698. The lowest BCUT2D eigenvalue weighted by molar-refractivity contribution is 0.0954.